The molecule has 0 saturated carbocycles. The normalized spacial score (nSPS) is 16.3. The van der Waals surface area contributed by atoms with Crippen LogP contribution in [0.4, 0.5) is 14.7 Å². The van der Waals surface area contributed by atoms with Gasteiger partial charge >= 0.3 is 0 Å². The Kier molecular flexibility index (Phi) is 8.91. The highest BCUT2D eigenvalue weighted by Crippen LogP contribution is 2.23. The van der Waals surface area contributed by atoms with E-state index in [0.717, 1.165) is 18.6 Å². The zero-order chi connectivity index (χ0) is 24.7. The number of nitrogens with zero attached hydrogens (tertiary/aromatic N) is 2. The number of halogens is 3. The summed E-state index contributed by atoms with van der Waals surface area (Å²) in [4.78, 5) is 23.6. The van der Waals surface area contributed by atoms with Crippen LogP contribution in [0.3, 0.4) is 0 Å². The number of H-pyrrole nitrogens is 1. The van der Waals surface area contributed by atoms with Crippen LogP contribution in [0, 0.1) is 12.7 Å². The predicted molar refractivity (Wildman–Crippen MR) is 127 cm³/mol. The maximum absolute atomic E-state index is 13.6. The van der Waals surface area contributed by atoms with E-state index in [2.05, 4.69) is 20.3 Å². The van der Waals surface area contributed by atoms with Gasteiger partial charge in [-0.2, -0.15) is 0 Å². The summed E-state index contributed by atoms with van der Waals surface area (Å²) in [6.07, 6.45) is 4.16. The number of aromatic nitrogens is 3. The van der Waals surface area contributed by atoms with E-state index in [4.69, 9.17) is 27.8 Å². The van der Waals surface area contributed by atoms with Crippen LogP contribution in [-0.4, -0.2) is 46.8 Å². The van der Waals surface area contributed by atoms with E-state index < -0.39 is 23.9 Å². The fourth-order valence-electron chi connectivity index (χ4n) is 3.40. The lowest BCUT2D eigenvalue weighted by Crippen LogP contribution is -2.33. The number of anilines is 1. The Hall–Kier alpha value is -3.08. The van der Waals surface area contributed by atoms with E-state index in [1.54, 1.807) is 24.5 Å². The van der Waals surface area contributed by atoms with Gasteiger partial charge in [0.05, 0.1) is 18.3 Å². The van der Waals surface area contributed by atoms with Crippen molar-refractivity contribution >= 4 is 23.5 Å². The van der Waals surface area contributed by atoms with Crippen LogP contribution in [0.1, 0.15) is 40.5 Å². The van der Waals surface area contributed by atoms with Crippen LogP contribution < -0.4 is 16.8 Å². The number of carbonyl (C=O) groups excluding carboxylic acids is 1. The molecule has 3 aromatic rings. The lowest BCUT2D eigenvalue weighted by Gasteiger charge is -2.17. The number of carbonyl (C=O) groups is 1. The molecular formula is C23H27ClF2N6O2. The van der Waals surface area contributed by atoms with E-state index in [0.29, 0.717) is 35.5 Å². The van der Waals surface area contributed by atoms with Gasteiger partial charge in [-0.15, -0.1) is 0 Å². The van der Waals surface area contributed by atoms with E-state index >= 15 is 0 Å². The number of amides is 1. The Balaban J connectivity index is 0.000000396. The van der Waals surface area contributed by atoms with Crippen LogP contribution in [0.5, 0.6) is 0 Å². The van der Waals surface area contributed by atoms with Crippen molar-refractivity contribution < 1.29 is 18.3 Å². The standard InChI is InChI=1S/C18H18ClFN6O.C5H9FO/c1-9-7-24-18(22)26-16(9)11-4-14(23-8-11)17(27)25-15(6-21)10-2-12(19)5-13(20)3-10;6-5-2-1-3-7-4-5/h2-5,7-8,15,23H,6,21H2,1H3,(H,25,27)(H2,22,24,26);5H,1-4H2. The van der Waals surface area contributed by atoms with Crippen molar-refractivity contribution in [3.05, 3.63) is 64.3 Å². The van der Waals surface area contributed by atoms with Crippen LogP contribution in [0.2, 0.25) is 5.02 Å². The summed E-state index contributed by atoms with van der Waals surface area (Å²) in [5.41, 5.74) is 14.3. The molecule has 11 heteroatoms. The van der Waals surface area contributed by atoms with E-state index in [-0.39, 0.29) is 17.5 Å². The third kappa shape index (κ3) is 6.96. The summed E-state index contributed by atoms with van der Waals surface area (Å²) >= 11 is 5.88. The third-order valence-corrected chi connectivity index (χ3v) is 5.34. The highest BCUT2D eigenvalue weighted by atomic mass is 35.5. The molecule has 0 aliphatic carbocycles. The summed E-state index contributed by atoms with van der Waals surface area (Å²) in [5.74, 6) is -0.741. The second-order valence-electron chi connectivity index (χ2n) is 7.84. The van der Waals surface area contributed by atoms with Crippen molar-refractivity contribution in [2.45, 2.75) is 32.0 Å². The summed E-state index contributed by atoms with van der Waals surface area (Å²) in [7, 11) is 0. The molecule has 1 saturated heterocycles. The van der Waals surface area contributed by atoms with Gasteiger partial charge in [0.15, 0.2) is 0 Å². The van der Waals surface area contributed by atoms with Crippen molar-refractivity contribution in [3.8, 4) is 11.3 Å². The van der Waals surface area contributed by atoms with Gasteiger partial charge in [-0.1, -0.05) is 11.6 Å². The van der Waals surface area contributed by atoms with Crippen molar-refractivity contribution in [3.63, 3.8) is 0 Å². The number of hydrogen-bond donors (Lipinski definition) is 4. The molecule has 1 aromatic carbocycles. The van der Waals surface area contributed by atoms with Gasteiger partial charge in [-0.3, -0.25) is 4.79 Å². The molecule has 4 rings (SSSR count). The van der Waals surface area contributed by atoms with Crippen LogP contribution in [0.15, 0.2) is 36.7 Å². The number of rotatable bonds is 5. The van der Waals surface area contributed by atoms with Crippen LogP contribution in [0.25, 0.3) is 11.3 Å². The second kappa shape index (κ2) is 11.9. The predicted octanol–water partition coefficient (Wildman–Crippen LogP) is 3.72. The minimum Gasteiger partial charge on any atom is -0.378 e. The van der Waals surface area contributed by atoms with E-state index in [1.165, 1.54) is 12.1 Å². The molecule has 2 atom stereocenters. The number of nitrogens with one attached hydrogen (secondary N) is 2. The van der Waals surface area contributed by atoms with Gasteiger partial charge in [-0.05, 0) is 55.2 Å². The summed E-state index contributed by atoms with van der Waals surface area (Å²) < 4.78 is 30.4. The molecule has 2 unspecified atom stereocenters. The van der Waals surface area contributed by atoms with Crippen molar-refractivity contribution in [2.24, 2.45) is 5.73 Å². The molecule has 1 amide bonds. The van der Waals surface area contributed by atoms with E-state index in [9.17, 15) is 13.6 Å². The van der Waals surface area contributed by atoms with Gasteiger partial charge < -0.3 is 26.5 Å². The van der Waals surface area contributed by atoms with Crippen molar-refractivity contribution in [2.75, 3.05) is 25.5 Å². The Bertz CT molecular complexity index is 1100. The van der Waals surface area contributed by atoms with Gasteiger partial charge in [0.2, 0.25) is 5.95 Å². The minimum atomic E-state index is -0.686. The molecule has 0 bridgehead atoms. The minimum absolute atomic E-state index is 0.0840. The molecule has 2 aromatic heterocycles. The average molecular weight is 493 g/mol. The Morgan fingerprint density at radius 2 is 2.18 bits per heavy atom. The van der Waals surface area contributed by atoms with Gasteiger partial charge in [-0.25, -0.2) is 18.7 Å². The Labute approximate surface area is 201 Å². The van der Waals surface area contributed by atoms with Gasteiger partial charge in [0.25, 0.3) is 5.91 Å². The van der Waals surface area contributed by atoms with Gasteiger partial charge in [0, 0.05) is 36.1 Å². The number of nitrogens with two attached hydrogens (primary N) is 2. The zero-order valence-electron chi connectivity index (χ0n) is 18.7. The number of benzene rings is 1. The summed E-state index contributed by atoms with van der Waals surface area (Å²) in [5, 5.41) is 3.00. The van der Waals surface area contributed by atoms with Gasteiger partial charge in [0.1, 0.15) is 17.7 Å². The van der Waals surface area contributed by atoms with E-state index in [1.807, 2.05) is 6.92 Å². The first kappa shape index (κ1) is 25.5. The maximum Gasteiger partial charge on any atom is 0.268 e. The van der Waals surface area contributed by atoms with Crippen molar-refractivity contribution in [1.82, 2.24) is 20.3 Å². The lowest BCUT2D eigenvalue weighted by molar-refractivity contribution is 0.0366. The molecule has 3 heterocycles. The molecule has 8 nitrogen and oxygen atoms in total. The first-order chi connectivity index (χ1) is 16.3. The largest absolute Gasteiger partial charge is 0.378 e. The van der Waals surface area contributed by atoms with Crippen molar-refractivity contribution in [1.29, 1.82) is 0 Å². The topological polar surface area (TPSA) is 132 Å². The zero-order valence-corrected chi connectivity index (χ0v) is 19.4. The molecule has 0 radical (unpaired) electrons. The molecule has 6 N–H and O–H groups in total. The van der Waals surface area contributed by atoms with Crippen LogP contribution >= 0.6 is 11.6 Å². The lowest BCUT2D eigenvalue weighted by atomic mass is 10.1. The number of alkyl halides is 1. The van der Waals surface area contributed by atoms with Crippen LogP contribution in [-0.2, 0) is 4.74 Å². The monoisotopic (exact) mass is 492 g/mol. The quantitative estimate of drug-likeness (QED) is 0.429. The fraction of sp³-hybridized carbons (Fsp3) is 0.348. The molecule has 182 valence electrons. The highest BCUT2D eigenvalue weighted by molar-refractivity contribution is 6.30. The Morgan fingerprint density at radius 3 is 2.79 bits per heavy atom. The third-order valence-electron chi connectivity index (χ3n) is 5.12. The SMILES string of the molecule is Cc1cnc(N)nc1-c1c[nH]c(C(=O)NC(CN)c2cc(F)cc(Cl)c2)c1.FC1CCCOC1. The molecule has 0 spiro atoms. The summed E-state index contributed by atoms with van der Waals surface area (Å²) in [6.45, 7) is 3.00. The number of ether oxygens (including phenoxy) is 1. The summed E-state index contributed by atoms with van der Waals surface area (Å²) in [6, 6.07) is 5.10. The number of aromatic amines is 1. The Morgan fingerprint density at radius 1 is 1.38 bits per heavy atom. The molecule has 1 aliphatic rings. The smallest absolute Gasteiger partial charge is 0.268 e. The molecule has 1 fully saturated rings. The number of aryl methyl sites for hydroxylation is 1. The first-order valence-electron chi connectivity index (χ1n) is 10.7. The first-order valence-corrected chi connectivity index (χ1v) is 11.1. The molecule has 34 heavy (non-hydrogen) atoms. The maximum atomic E-state index is 13.6. The average Bonchev–Trinajstić information content (AvgIpc) is 3.29. The molecule has 1 aliphatic heterocycles. The highest BCUT2D eigenvalue weighted by Gasteiger charge is 2.18. The molecular weight excluding hydrogens is 466 g/mol. The fourth-order valence-corrected chi connectivity index (χ4v) is 3.63. The number of nitrogen functional groups attached to an aromatic ring is 1. The number of hydrogen-bond acceptors (Lipinski definition) is 6. The second-order valence-corrected chi connectivity index (χ2v) is 8.28.